The number of halogens is 6. The molecule has 0 radical (unpaired) electrons. The fourth-order valence-corrected chi connectivity index (χ4v) is 4.53. The highest BCUT2D eigenvalue weighted by Crippen LogP contribution is 2.56. The molecule has 0 bridgehead atoms. The van der Waals surface area contributed by atoms with Gasteiger partial charge in [-0.25, -0.2) is 0 Å². The molecule has 1 aromatic rings. The summed E-state index contributed by atoms with van der Waals surface area (Å²) < 4.78 is 82.9. The van der Waals surface area contributed by atoms with Gasteiger partial charge in [0.25, 0.3) is 0 Å². The summed E-state index contributed by atoms with van der Waals surface area (Å²) in [6, 6.07) is 3.44. The first-order chi connectivity index (χ1) is 14.9. The minimum absolute atomic E-state index is 0.0200. The molecule has 4 nitrogen and oxygen atoms in total. The van der Waals surface area contributed by atoms with Gasteiger partial charge in [-0.2, -0.15) is 22.0 Å². The van der Waals surface area contributed by atoms with Crippen molar-refractivity contribution in [2.24, 2.45) is 5.73 Å². The Kier molecular flexibility index (Phi) is 6.02. The Labute approximate surface area is 193 Å². The summed E-state index contributed by atoms with van der Waals surface area (Å²) in [6.07, 6.45) is -7.18. The molecular formula is C22H21ClF5NO3Si. The molecule has 11 heteroatoms. The summed E-state index contributed by atoms with van der Waals surface area (Å²) in [4.78, 5) is 11.4. The zero-order valence-electron chi connectivity index (χ0n) is 18.4. The van der Waals surface area contributed by atoms with Crippen molar-refractivity contribution in [1.29, 1.82) is 0 Å². The van der Waals surface area contributed by atoms with Crippen molar-refractivity contribution >= 4 is 25.8 Å². The van der Waals surface area contributed by atoms with E-state index in [9.17, 15) is 26.7 Å². The number of fused-ring (bicyclic) bond motifs is 1. The van der Waals surface area contributed by atoms with Crippen LogP contribution in [0.2, 0.25) is 23.2 Å². The molecule has 1 saturated carbocycles. The van der Waals surface area contributed by atoms with Crippen molar-refractivity contribution in [2.75, 3.05) is 0 Å². The maximum Gasteiger partial charge on any atom is 0.421 e. The van der Waals surface area contributed by atoms with Gasteiger partial charge in [0.1, 0.15) is 17.4 Å². The van der Waals surface area contributed by atoms with Crippen molar-refractivity contribution < 1.29 is 35.9 Å². The summed E-state index contributed by atoms with van der Waals surface area (Å²) in [7, 11) is -2.88. The topological polar surface area (TPSA) is 61.6 Å². The molecule has 2 aliphatic carbocycles. The van der Waals surface area contributed by atoms with Crippen LogP contribution in [0.25, 0.3) is 0 Å². The molecule has 178 valence electrons. The summed E-state index contributed by atoms with van der Waals surface area (Å²) in [5, 5.41) is -0.541. The third-order valence-corrected chi connectivity index (χ3v) is 10.5. The zero-order valence-corrected chi connectivity index (χ0v) is 20.1. The molecule has 0 aliphatic heterocycles. The highest BCUT2D eigenvalue weighted by molar-refractivity contribution is 6.74. The maximum absolute atomic E-state index is 14.8. The Balaban J connectivity index is 2.13. The first-order valence-electron chi connectivity index (χ1n) is 9.78. The number of carbonyl (C=O) groups excluding carboxylic acids is 1. The number of allylic oxidation sites excluding steroid dienone is 1. The Bertz CT molecular complexity index is 1170. The molecule has 0 saturated heterocycles. The van der Waals surface area contributed by atoms with Gasteiger partial charge in [-0.1, -0.05) is 38.1 Å². The summed E-state index contributed by atoms with van der Waals surface area (Å²) in [5.74, 6) is -5.69. The van der Waals surface area contributed by atoms with Crippen LogP contribution < -0.4 is 10.5 Å². The summed E-state index contributed by atoms with van der Waals surface area (Å²) in [6.45, 7) is 8.70. The second kappa shape index (κ2) is 7.86. The monoisotopic (exact) mass is 505 g/mol. The number of benzene rings is 1. The fourth-order valence-electron chi connectivity index (χ4n) is 3.10. The fraction of sp³-hybridized carbons (Fsp3) is 0.409. The number of ether oxygens (including phenoxy) is 1. The first-order valence-corrected chi connectivity index (χ1v) is 13.1. The Hall–Kier alpha value is -2.35. The van der Waals surface area contributed by atoms with Crippen LogP contribution in [0.15, 0.2) is 52.1 Å². The largest absolute Gasteiger partial charge is 0.448 e. The summed E-state index contributed by atoms with van der Waals surface area (Å²) in [5.41, 5.74) is 6.12. The van der Waals surface area contributed by atoms with Gasteiger partial charge in [-0.15, -0.1) is 0 Å². The quantitative estimate of drug-likeness (QED) is 0.290. The third-order valence-electron chi connectivity index (χ3n) is 5.87. The lowest BCUT2D eigenvalue weighted by molar-refractivity contribution is -0.109. The Morgan fingerprint density at radius 1 is 1.15 bits per heavy atom. The molecule has 1 amide bonds. The third kappa shape index (κ3) is 4.54. The van der Waals surface area contributed by atoms with Crippen molar-refractivity contribution in [3.8, 4) is 5.75 Å². The molecule has 33 heavy (non-hydrogen) atoms. The van der Waals surface area contributed by atoms with Gasteiger partial charge in [0.2, 0.25) is 5.91 Å². The van der Waals surface area contributed by atoms with Crippen LogP contribution in [0.5, 0.6) is 5.75 Å². The van der Waals surface area contributed by atoms with Crippen LogP contribution >= 0.6 is 11.6 Å². The molecule has 3 rings (SSSR count). The molecular weight excluding hydrogens is 485 g/mol. The Morgan fingerprint density at radius 2 is 1.76 bits per heavy atom. The predicted molar refractivity (Wildman–Crippen MR) is 115 cm³/mol. The maximum atomic E-state index is 14.8. The molecule has 0 aromatic heterocycles. The lowest BCUT2D eigenvalue weighted by Crippen LogP contribution is -2.58. The van der Waals surface area contributed by atoms with Crippen molar-refractivity contribution in [3.63, 3.8) is 0 Å². The van der Waals surface area contributed by atoms with E-state index < -0.39 is 59.9 Å². The van der Waals surface area contributed by atoms with Crippen molar-refractivity contribution in [1.82, 2.24) is 0 Å². The summed E-state index contributed by atoms with van der Waals surface area (Å²) >= 11 is 5.89. The number of rotatable bonds is 5. The molecule has 0 spiro atoms. The highest BCUT2D eigenvalue weighted by atomic mass is 35.5. The number of alkyl halides is 5. The van der Waals surface area contributed by atoms with E-state index in [1.165, 1.54) is 6.07 Å². The van der Waals surface area contributed by atoms with Crippen LogP contribution in [0.1, 0.15) is 31.1 Å². The standard InChI is InChI=1S/C22H21ClF5NO3Si/c1-20(2,3)33(4,5)32-18-16-14(21(18,24)25)6-7-15(17(16)22(26,27)28)31-13-9-11(19(29)30)8-12(23)10-13/h8-10,18H,1-5H3,(H2,29,30). The molecule has 1 fully saturated rings. The minimum atomic E-state index is -5.07. The second-order valence-electron chi connectivity index (χ2n) is 9.26. The van der Waals surface area contributed by atoms with Crippen molar-refractivity contribution in [2.45, 2.75) is 57.1 Å². The molecule has 1 atom stereocenters. The predicted octanol–water partition coefficient (Wildman–Crippen LogP) is 6.29. The number of carbonyl (C=O) groups is 1. The van der Waals surface area contributed by atoms with Crippen LogP contribution in [-0.4, -0.2) is 32.4 Å². The van der Waals surface area contributed by atoms with E-state index in [2.05, 4.69) is 5.73 Å². The average Bonchev–Trinajstić information content (AvgIpc) is 2.63. The first kappa shape index (κ1) is 25.3. The van der Waals surface area contributed by atoms with E-state index in [1.54, 1.807) is 33.9 Å². The highest BCUT2D eigenvalue weighted by Gasteiger charge is 2.65. The van der Waals surface area contributed by atoms with E-state index in [0.29, 0.717) is 0 Å². The van der Waals surface area contributed by atoms with Gasteiger partial charge in [-0.3, -0.25) is 4.79 Å². The van der Waals surface area contributed by atoms with E-state index in [4.69, 9.17) is 26.5 Å². The second-order valence-corrected chi connectivity index (χ2v) is 14.5. The van der Waals surface area contributed by atoms with Gasteiger partial charge in [0, 0.05) is 16.2 Å². The number of amides is 1. The molecule has 1 aromatic carbocycles. The Morgan fingerprint density at radius 3 is 2.27 bits per heavy atom. The molecule has 2 N–H and O–H groups in total. The smallest absolute Gasteiger partial charge is 0.421 e. The zero-order chi connectivity index (χ0) is 25.1. The van der Waals surface area contributed by atoms with Crippen LogP contribution in [0.4, 0.5) is 22.0 Å². The van der Waals surface area contributed by atoms with Gasteiger partial charge in [0.15, 0.2) is 14.1 Å². The molecule has 1 unspecified atom stereocenters. The van der Waals surface area contributed by atoms with Gasteiger partial charge in [0.05, 0.1) is 5.57 Å². The number of nitrogens with two attached hydrogens (primary N) is 1. The molecule has 0 heterocycles. The van der Waals surface area contributed by atoms with Gasteiger partial charge >= 0.3 is 12.1 Å². The van der Waals surface area contributed by atoms with E-state index in [0.717, 1.165) is 12.1 Å². The number of hydrogen-bond acceptors (Lipinski definition) is 3. The van der Waals surface area contributed by atoms with E-state index in [-0.39, 0.29) is 16.3 Å². The average molecular weight is 506 g/mol. The molecule has 2 aliphatic rings. The number of hydrogen-bond donors (Lipinski definition) is 1. The normalized spacial score (nSPS) is 20.0. The minimum Gasteiger partial charge on any atom is -0.448 e. The lowest BCUT2D eigenvalue weighted by Gasteiger charge is -2.48. The van der Waals surface area contributed by atoms with E-state index in [1.807, 2.05) is 5.73 Å². The van der Waals surface area contributed by atoms with Gasteiger partial charge in [-0.05, 0) is 42.1 Å². The van der Waals surface area contributed by atoms with Crippen LogP contribution in [0.3, 0.4) is 0 Å². The lowest BCUT2D eigenvalue weighted by atomic mass is 9.74. The van der Waals surface area contributed by atoms with Crippen LogP contribution in [-0.2, 0) is 4.43 Å². The SMILES string of the molecule is CC(C)(C)[Si](C)(C)OC1C2=C(C(F)(F)F)C(Oc3cc(Cl)cc(C(N)=O)c3)=C=C=C2C1(F)F. The van der Waals surface area contributed by atoms with E-state index >= 15 is 0 Å². The van der Waals surface area contributed by atoms with Crippen molar-refractivity contribution in [3.05, 3.63) is 62.7 Å². The number of primary amides is 1. The van der Waals surface area contributed by atoms with Gasteiger partial charge < -0.3 is 14.9 Å². The van der Waals surface area contributed by atoms with Crippen LogP contribution in [0, 0.1) is 0 Å².